The molecule has 0 saturated carbocycles. The molecule has 7 saturated heterocycles. The lowest BCUT2D eigenvalue weighted by Crippen LogP contribution is -2.71. The van der Waals surface area contributed by atoms with Gasteiger partial charge in [-0.15, -0.1) is 0 Å². The second-order valence-corrected chi connectivity index (χ2v) is 25.3. The van der Waals surface area contributed by atoms with Gasteiger partial charge >= 0.3 is 11.9 Å². The Morgan fingerprint density at radius 2 is 0.871 bits per heavy atom. The maximum Gasteiger partial charge on any atom is 0.364 e. The molecule has 0 bridgehead atoms. The van der Waals surface area contributed by atoms with Crippen LogP contribution in [-0.2, 0) is 75.9 Å². The number of hydrogen-bond acceptors (Lipinski definition) is 45. The third-order valence-electron chi connectivity index (χ3n) is 18.4. The minimum atomic E-state index is -3.50. The molecule has 101 heavy (non-hydrogen) atoms. The molecule has 7 fully saturated rings. The summed E-state index contributed by atoms with van der Waals surface area (Å²) in [5.41, 5.74) is 17.9. The molecular formula is C54H95N3O44. The maximum atomic E-state index is 13.8. The molecule has 47 nitrogen and oxygen atoms in total. The summed E-state index contributed by atoms with van der Waals surface area (Å²) in [4.78, 5) is 27.3. The van der Waals surface area contributed by atoms with Gasteiger partial charge in [-0.1, -0.05) is 0 Å². The molecule has 41 atom stereocenters. The Morgan fingerprint density at radius 3 is 1.39 bits per heavy atom. The molecule has 0 amide bonds. The van der Waals surface area contributed by atoms with E-state index < -0.39 is 335 Å². The van der Waals surface area contributed by atoms with Crippen LogP contribution >= 0.6 is 0 Å². The zero-order valence-corrected chi connectivity index (χ0v) is 53.1. The fraction of sp³-hybridized carbons (Fsp3) is 0.963. The van der Waals surface area contributed by atoms with Gasteiger partial charge < -0.3 is 226 Å². The molecule has 590 valence electrons. The molecule has 0 aromatic carbocycles. The van der Waals surface area contributed by atoms with Gasteiger partial charge in [0.25, 0.3) is 11.6 Å². The molecule has 7 heterocycles. The standard InChI is InChI=1S/C54H95N3O44/c55-12(3-58)25(71)26(72)18(70)10-88-46-23(56)30(76)29(75)22(92-46)11-89-53(51(84)85)2-19(99-54(52(86)87)1-13(65)27(73)40(100-54)16(68)6-61)43(41(101-53)17(69)7-62)96-49-37(83)45(35(81)39(93-49)15(67)5-60)98-50-36(82)44(34(80)38(94-50)14(66)4-59)97-47-24(57)31(77)42(21(9-64)91-47)95-48-33(79)32(78)28(74)20(8-63)90-48/h12-50,58-83H,1-11,55-57H2,(H,84,85)(H,86,87)/t12-,13+,14-,15-,16+,17+,18+,19+,20+,21+,22+,23+,24+,25+,26+,27+,28+,29+,30+,31+,32-,33+,34+,35+,36-,37-,38+,39+,40+,41+,42-,43+,44-,45-,46+,47+,48+,49+,50+,53+,54+/m0/s1. The minimum absolute atomic E-state index is 0.856. The third-order valence-corrected chi connectivity index (χ3v) is 18.4. The quantitative estimate of drug-likeness (QED) is 0.0297. The Hall–Kier alpha value is -2.78. The predicted molar refractivity (Wildman–Crippen MR) is 307 cm³/mol. The number of ether oxygens (including phenoxy) is 14. The smallest absolute Gasteiger partial charge is 0.364 e. The van der Waals surface area contributed by atoms with E-state index in [0.717, 1.165) is 0 Å². The van der Waals surface area contributed by atoms with Gasteiger partial charge in [0.1, 0.15) is 171 Å². The average Bonchev–Trinajstić information content (AvgIpc) is 0.746. The van der Waals surface area contributed by atoms with E-state index in [0.29, 0.717) is 0 Å². The largest absolute Gasteiger partial charge is 0.477 e. The Morgan fingerprint density at radius 1 is 0.426 bits per heavy atom. The summed E-state index contributed by atoms with van der Waals surface area (Å²) in [7, 11) is 0. The molecule has 7 aliphatic rings. The zero-order valence-electron chi connectivity index (χ0n) is 53.1. The van der Waals surface area contributed by atoms with Crippen molar-refractivity contribution in [2.24, 2.45) is 17.2 Å². The first-order chi connectivity index (χ1) is 47.5. The fourth-order valence-electron chi connectivity index (χ4n) is 12.4. The van der Waals surface area contributed by atoms with E-state index in [1.165, 1.54) is 0 Å². The van der Waals surface area contributed by atoms with Crippen molar-refractivity contribution in [3.05, 3.63) is 0 Å². The second kappa shape index (κ2) is 36.4. The molecule has 0 aliphatic carbocycles. The van der Waals surface area contributed by atoms with E-state index >= 15 is 0 Å². The summed E-state index contributed by atoms with van der Waals surface area (Å²) in [6.07, 6.45) is -83.1. The number of carbonyl (C=O) groups is 2. The number of aliphatic carboxylic acids is 2. The topological polar surface area (TPSA) is 808 Å². The summed E-state index contributed by atoms with van der Waals surface area (Å²) in [5, 5.41) is 302. The van der Waals surface area contributed by atoms with Gasteiger partial charge in [-0.25, -0.2) is 9.59 Å². The van der Waals surface area contributed by atoms with Crippen molar-refractivity contribution in [3.63, 3.8) is 0 Å². The summed E-state index contributed by atoms with van der Waals surface area (Å²) >= 11 is 0. The number of hydrogen-bond donors (Lipinski definition) is 31. The van der Waals surface area contributed by atoms with E-state index in [1.54, 1.807) is 0 Å². The first kappa shape index (κ1) is 85.5. The van der Waals surface area contributed by atoms with Crippen molar-refractivity contribution in [2.45, 2.75) is 263 Å². The van der Waals surface area contributed by atoms with Crippen molar-refractivity contribution in [2.75, 3.05) is 59.5 Å². The number of aliphatic hydroxyl groups excluding tert-OH is 26. The highest BCUT2D eigenvalue weighted by Crippen LogP contribution is 2.44. The number of aliphatic hydroxyl groups is 26. The first-order valence-corrected chi connectivity index (χ1v) is 31.6. The monoisotopic (exact) mass is 1490 g/mol. The van der Waals surface area contributed by atoms with Crippen LogP contribution < -0.4 is 17.2 Å². The molecule has 0 aromatic rings. The van der Waals surface area contributed by atoms with Crippen LogP contribution in [-0.4, -0.2) is 465 Å². The van der Waals surface area contributed by atoms with E-state index in [-0.39, 0.29) is 0 Å². The molecule has 47 heteroatoms. The van der Waals surface area contributed by atoms with Gasteiger partial charge in [-0.3, -0.25) is 0 Å². The fourth-order valence-corrected chi connectivity index (χ4v) is 12.4. The number of nitrogens with two attached hydrogens (primary N) is 3. The highest BCUT2D eigenvalue weighted by Gasteiger charge is 2.64. The van der Waals surface area contributed by atoms with Crippen molar-refractivity contribution in [1.29, 1.82) is 0 Å². The molecule has 0 aromatic heterocycles. The zero-order chi connectivity index (χ0) is 75.3. The van der Waals surface area contributed by atoms with Gasteiger partial charge in [-0.05, 0) is 0 Å². The molecular weight excluding hydrogens is 1390 g/mol. The van der Waals surface area contributed by atoms with Crippen molar-refractivity contribution >= 4 is 11.9 Å². The Kier molecular flexibility index (Phi) is 30.8. The average molecular weight is 1490 g/mol. The van der Waals surface area contributed by atoms with E-state index in [9.17, 15) is 153 Å². The van der Waals surface area contributed by atoms with Gasteiger partial charge in [0, 0.05) is 12.8 Å². The number of carboxylic acids is 2. The van der Waals surface area contributed by atoms with Crippen LogP contribution in [0, 0.1) is 0 Å². The normalized spacial score (nSPS) is 46.6. The second-order valence-electron chi connectivity index (χ2n) is 25.3. The van der Waals surface area contributed by atoms with Crippen molar-refractivity contribution in [1.82, 2.24) is 0 Å². The lowest BCUT2D eigenvalue weighted by molar-refractivity contribution is -0.408. The molecule has 7 aliphatic heterocycles. The summed E-state index contributed by atoms with van der Waals surface area (Å²) < 4.78 is 80.2. The highest BCUT2D eigenvalue weighted by atomic mass is 16.8. The third kappa shape index (κ3) is 18.3. The number of rotatable bonds is 32. The molecule has 34 N–H and O–H groups in total. The highest BCUT2D eigenvalue weighted by molar-refractivity contribution is 5.77. The minimum Gasteiger partial charge on any atom is -0.477 e. The van der Waals surface area contributed by atoms with Gasteiger partial charge in [0.15, 0.2) is 31.5 Å². The summed E-state index contributed by atoms with van der Waals surface area (Å²) in [6, 6.07) is -5.12. The summed E-state index contributed by atoms with van der Waals surface area (Å²) in [6.45, 7) is -10.6. The SMILES string of the molecule is N[C@H]1[C@H](OC[C@@H](O)[C@@H](O)[C@H](O)[C@@H](N)CO)O[C@H](CO[C@]2(C(=O)O)C[C@@H](O[C@]3(C(=O)O)C[C@@H](O)[C@@H](O)[C@@H]([C@H](O)CO)O3)[C@@H](O[C@H]3O[C@H]([C@@H](O)CO)[C@@H](O)[C@H](O[C@H]4O[C@H]([C@@H](O)CO)[C@@H](O)[C@H](O[C@H]5O[C@H](CO)[C@H](O[C@H]6O[C@H](CO)[C@@H](O)[C@H](O)[C@H]6O)[C@H](O)[C@H]5N)[C@@H]4O)[C@@H]3O)[C@@H]([C@H](O)CO)O2)[C@@H](O)[C@@H]1O. The van der Waals surface area contributed by atoms with E-state index in [4.69, 9.17) is 83.5 Å². The maximum absolute atomic E-state index is 13.8. The van der Waals surface area contributed by atoms with Crippen LogP contribution in [0.3, 0.4) is 0 Å². The molecule has 0 unspecified atom stereocenters. The molecule has 0 spiro atoms. The number of carboxylic acid groups (broad SMARTS) is 2. The van der Waals surface area contributed by atoms with Gasteiger partial charge in [0.2, 0.25) is 0 Å². The molecule has 7 rings (SSSR count). The Balaban J connectivity index is 1.22. The van der Waals surface area contributed by atoms with E-state index in [1.807, 2.05) is 0 Å². The van der Waals surface area contributed by atoms with Crippen molar-refractivity contribution < 1.29 is 219 Å². The predicted octanol–water partition coefficient (Wildman–Crippen LogP) is -20.5. The van der Waals surface area contributed by atoms with Crippen LogP contribution in [0.5, 0.6) is 0 Å². The van der Waals surface area contributed by atoms with Gasteiger partial charge in [0.05, 0.1) is 95.9 Å². The van der Waals surface area contributed by atoms with Gasteiger partial charge in [-0.2, -0.15) is 0 Å². The summed E-state index contributed by atoms with van der Waals surface area (Å²) in [5.74, 6) is -11.6. The van der Waals surface area contributed by atoms with Crippen LogP contribution in [0.1, 0.15) is 12.8 Å². The lowest BCUT2D eigenvalue weighted by Gasteiger charge is -2.52. The van der Waals surface area contributed by atoms with E-state index in [2.05, 4.69) is 0 Å². The first-order valence-electron chi connectivity index (χ1n) is 31.6. The lowest BCUT2D eigenvalue weighted by atomic mass is 9.89. The van der Waals surface area contributed by atoms with Crippen LogP contribution in [0.25, 0.3) is 0 Å². The Bertz CT molecular complexity index is 2550. The van der Waals surface area contributed by atoms with Crippen LogP contribution in [0.2, 0.25) is 0 Å². The van der Waals surface area contributed by atoms with Crippen LogP contribution in [0.4, 0.5) is 0 Å². The Labute approximate surface area is 569 Å². The van der Waals surface area contributed by atoms with Crippen LogP contribution in [0.15, 0.2) is 0 Å². The molecule has 0 radical (unpaired) electrons. The van der Waals surface area contributed by atoms with Crippen molar-refractivity contribution in [3.8, 4) is 0 Å².